The Hall–Kier alpha value is -0.540. The molecule has 1 rings (SSSR count). The smallest absolute Gasteiger partial charge is 0.0762 e. The van der Waals surface area contributed by atoms with Crippen LogP contribution in [0.2, 0.25) is 0 Å². The molecule has 0 radical (unpaired) electrons. The summed E-state index contributed by atoms with van der Waals surface area (Å²) in [7, 11) is 0. The van der Waals surface area contributed by atoms with Crippen molar-refractivity contribution in [3.8, 4) is 0 Å². The fourth-order valence-electron chi connectivity index (χ4n) is 1.83. The molecule has 1 aromatic carbocycles. The number of aliphatic hydroxyl groups excluding tert-OH is 1. The molecule has 2 nitrogen and oxygen atoms in total. The summed E-state index contributed by atoms with van der Waals surface area (Å²) in [5.41, 5.74) is 2.12. The molecule has 0 aliphatic carbocycles. The Kier molecular flexibility index (Phi) is 4.81. The van der Waals surface area contributed by atoms with Crippen LogP contribution in [-0.2, 0) is 0 Å². The van der Waals surface area contributed by atoms with Gasteiger partial charge in [0, 0.05) is 17.1 Å². The number of aliphatic hydroxyl groups is 1. The molecule has 0 aromatic heterocycles. The Bertz CT molecular complexity index is 350. The largest absolute Gasteiger partial charge is 0.389 e. The standard InChI is InChI=1S/C13H20BrNO/c1-5-15(9(2)3)13-7-6-11(10(4)16)8-12(13)14/h6-10,16H,5H2,1-4H3/t10-/m1/s1. The maximum atomic E-state index is 9.51. The normalized spacial score (nSPS) is 12.9. The Morgan fingerprint density at radius 2 is 1.94 bits per heavy atom. The van der Waals surface area contributed by atoms with E-state index in [1.54, 1.807) is 6.92 Å². The lowest BCUT2D eigenvalue weighted by Crippen LogP contribution is -2.30. The predicted molar refractivity (Wildman–Crippen MR) is 72.9 cm³/mol. The van der Waals surface area contributed by atoms with Crippen molar-refractivity contribution in [2.75, 3.05) is 11.4 Å². The van der Waals surface area contributed by atoms with E-state index in [0.717, 1.165) is 16.6 Å². The molecule has 0 aliphatic heterocycles. The lowest BCUT2D eigenvalue weighted by atomic mass is 10.1. The minimum absolute atomic E-state index is 0.417. The van der Waals surface area contributed by atoms with Gasteiger partial charge < -0.3 is 10.0 Å². The van der Waals surface area contributed by atoms with Crippen molar-refractivity contribution in [3.63, 3.8) is 0 Å². The van der Waals surface area contributed by atoms with E-state index in [0.29, 0.717) is 6.04 Å². The number of anilines is 1. The molecule has 3 heteroatoms. The number of rotatable bonds is 4. The first-order valence-corrected chi connectivity index (χ1v) is 6.50. The predicted octanol–water partition coefficient (Wildman–Crippen LogP) is 3.74. The van der Waals surface area contributed by atoms with Gasteiger partial charge in [-0.1, -0.05) is 6.07 Å². The fourth-order valence-corrected chi connectivity index (χ4v) is 2.45. The van der Waals surface area contributed by atoms with Crippen LogP contribution in [0.25, 0.3) is 0 Å². The van der Waals surface area contributed by atoms with Gasteiger partial charge in [-0.05, 0) is 61.3 Å². The molecule has 90 valence electrons. The van der Waals surface area contributed by atoms with E-state index in [9.17, 15) is 5.11 Å². The average Bonchev–Trinajstić information content (AvgIpc) is 2.20. The number of hydrogen-bond acceptors (Lipinski definition) is 2. The molecule has 0 unspecified atom stereocenters. The average molecular weight is 286 g/mol. The summed E-state index contributed by atoms with van der Waals surface area (Å²) in [6, 6.07) is 6.51. The summed E-state index contributed by atoms with van der Waals surface area (Å²) in [4.78, 5) is 2.32. The lowest BCUT2D eigenvalue weighted by molar-refractivity contribution is 0.199. The van der Waals surface area contributed by atoms with Crippen LogP contribution in [-0.4, -0.2) is 17.7 Å². The molecule has 0 saturated carbocycles. The third-order valence-corrected chi connectivity index (χ3v) is 3.36. The van der Waals surface area contributed by atoms with Crippen molar-refractivity contribution < 1.29 is 5.11 Å². The van der Waals surface area contributed by atoms with Crippen LogP contribution in [0.4, 0.5) is 5.69 Å². The fraction of sp³-hybridized carbons (Fsp3) is 0.538. The van der Waals surface area contributed by atoms with E-state index in [-0.39, 0.29) is 0 Å². The van der Waals surface area contributed by atoms with Crippen LogP contribution in [0, 0.1) is 0 Å². The second-order valence-corrected chi connectivity index (χ2v) is 5.12. The van der Waals surface area contributed by atoms with Crippen LogP contribution in [0.15, 0.2) is 22.7 Å². The van der Waals surface area contributed by atoms with Gasteiger partial charge in [-0.15, -0.1) is 0 Å². The van der Waals surface area contributed by atoms with Gasteiger partial charge in [0.1, 0.15) is 0 Å². The highest BCUT2D eigenvalue weighted by Gasteiger charge is 2.12. The maximum absolute atomic E-state index is 9.51. The van der Waals surface area contributed by atoms with Gasteiger partial charge in [0.05, 0.1) is 11.8 Å². The van der Waals surface area contributed by atoms with Gasteiger partial charge >= 0.3 is 0 Å². The summed E-state index contributed by atoms with van der Waals surface area (Å²) in [6.07, 6.45) is -0.417. The number of hydrogen-bond donors (Lipinski definition) is 1. The molecule has 16 heavy (non-hydrogen) atoms. The zero-order chi connectivity index (χ0) is 12.3. The van der Waals surface area contributed by atoms with Crippen molar-refractivity contribution in [1.29, 1.82) is 0 Å². The number of nitrogens with zero attached hydrogens (tertiary/aromatic N) is 1. The van der Waals surface area contributed by atoms with Gasteiger partial charge in [-0.2, -0.15) is 0 Å². The van der Waals surface area contributed by atoms with Crippen LogP contribution < -0.4 is 4.90 Å². The van der Waals surface area contributed by atoms with Crippen LogP contribution in [0.5, 0.6) is 0 Å². The van der Waals surface area contributed by atoms with Crippen LogP contribution in [0.3, 0.4) is 0 Å². The van der Waals surface area contributed by atoms with Crippen molar-refractivity contribution >= 4 is 21.6 Å². The SMILES string of the molecule is CCN(c1ccc([C@@H](C)O)cc1Br)C(C)C. The van der Waals surface area contributed by atoms with Gasteiger partial charge in [0.25, 0.3) is 0 Å². The second kappa shape index (κ2) is 5.69. The molecule has 0 bridgehead atoms. The molecular formula is C13H20BrNO. The van der Waals surface area contributed by atoms with E-state index in [2.05, 4.69) is 47.7 Å². The van der Waals surface area contributed by atoms with Crippen molar-refractivity contribution in [1.82, 2.24) is 0 Å². The molecule has 1 atom stereocenters. The van der Waals surface area contributed by atoms with Gasteiger partial charge in [-0.25, -0.2) is 0 Å². The molecule has 0 amide bonds. The first-order valence-electron chi connectivity index (χ1n) is 5.71. The molecule has 0 saturated heterocycles. The minimum Gasteiger partial charge on any atom is -0.389 e. The first kappa shape index (κ1) is 13.5. The first-order chi connectivity index (χ1) is 7.47. The van der Waals surface area contributed by atoms with Crippen molar-refractivity contribution in [2.24, 2.45) is 0 Å². The zero-order valence-electron chi connectivity index (χ0n) is 10.4. The quantitative estimate of drug-likeness (QED) is 0.911. The summed E-state index contributed by atoms with van der Waals surface area (Å²) >= 11 is 3.57. The highest BCUT2D eigenvalue weighted by molar-refractivity contribution is 9.10. The molecule has 0 aliphatic rings. The Labute approximate surface area is 106 Å². The lowest BCUT2D eigenvalue weighted by Gasteiger charge is -2.29. The Morgan fingerprint density at radius 1 is 1.31 bits per heavy atom. The Balaban J connectivity index is 3.06. The third kappa shape index (κ3) is 2.98. The number of halogens is 1. The van der Waals surface area contributed by atoms with Crippen LogP contribution >= 0.6 is 15.9 Å². The molecular weight excluding hydrogens is 266 g/mol. The Morgan fingerprint density at radius 3 is 2.31 bits per heavy atom. The number of benzene rings is 1. The molecule has 0 fully saturated rings. The van der Waals surface area contributed by atoms with E-state index in [4.69, 9.17) is 0 Å². The topological polar surface area (TPSA) is 23.5 Å². The summed E-state index contributed by atoms with van der Waals surface area (Å²) in [6.45, 7) is 9.26. The third-order valence-electron chi connectivity index (χ3n) is 2.73. The van der Waals surface area contributed by atoms with E-state index >= 15 is 0 Å². The van der Waals surface area contributed by atoms with E-state index in [1.807, 2.05) is 12.1 Å². The van der Waals surface area contributed by atoms with Crippen LogP contribution in [0.1, 0.15) is 39.4 Å². The van der Waals surface area contributed by atoms with Crippen molar-refractivity contribution in [2.45, 2.75) is 39.8 Å². The maximum Gasteiger partial charge on any atom is 0.0762 e. The highest BCUT2D eigenvalue weighted by Crippen LogP contribution is 2.30. The molecule has 0 spiro atoms. The summed E-state index contributed by atoms with van der Waals surface area (Å²) < 4.78 is 1.04. The molecule has 1 aromatic rings. The minimum atomic E-state index is -0.417. The monoisotopic (exact) mass is 285 g/mol. The summed E-state index contributed by atoms with van der Waals surface area (Å²) in [5.74, 6) is 0. The van der Waals surface area contributed by atoms with E-state index in [1.165, 1.54) is 5.69 Å². The summed E-state index contributed by atoms with van der Waals surface area (Å²) in [5, 5.41) is 9.51. The zero-order valence-corrected chi connectivity index (χ0v) is 12.0. The van der Waals surface area contributed by atoms with Gasteiger partial charge in [0.2, 0.25) is 0 Å². The molecule has 1 N–H and O–H groups in total. The second-order valence-electron chi connectivity index (χ2n) is 4.27. The van der Waals surface area contributed by atoms with Gasteiger partial charge in [-0.3, -0.25) is 0 Å². The molecule has 0 heterocycles. The van der Waals surface area contributed by atoms with Crippen molar-refractivity contribution in [3.05, 3.63) is 28.2 Å². The van der Waals surface area contributed by atoms with Gasteiger partial charge in [0.15, 0.2) is 0 Å². The highest BCUT2D eigenvalue weighted by atomic mass is 79.9. The van der Waals surface area contributed by atoms with E-state index < -0.39 is 6.10 Å².